The van der Waals surface area contributed by atoms with E-state index in [0.717, 1.165) is 37.5 Å². The molecule has 5 aromatic rings. The molecule has 0 atom stereocenters. The van der Waals surface area contributed by atoms with Crippen LogP contribution in [0.15, 0.2) is 87.5 Å². The number of hydrogen-bond acceptors (Lipinski definition) is 5. The van der Waals surface area contributed by atoms with Crippen molar-refractivity contribution in [2.24, 2.45) is 10.2 Å². The molecule has 2 aromatic heterocycles. The van der Waals surface area contributed by atoms with Crippen molar-refractivity contribution in [2.75, 3.05) is 0 Å². The molecule has 0 aliphatic carbocycles. The van der Waals surface area contributed by atoms with Crippen molar-refractivity contribution in [3.63, 3.8) is 0 Å². The third kappa shape index (κ3) is 3.25. The molecule has 7 heteroatoms. The van der Waals surface area contributed by atoms with Crippen molar-refractivity contribution < 1.29 is 5.11 Å². The van der Waals surface area contributed by atoms with Crippen LogP contribution < -0.4 is 0 Å². The van der Waals surface area contributed by atoms with Crippen LogP contribution in [0, 0.1) is 0 Å². The molecule has 0 spiro atoms. The maximum Gasteiger partial charge on any atom is 0.270 e. The Bertz CT molecular complexity index is 1380. The number of fused-ring (bicyclic) bond motifs is 2. The number of nitrogens with one attached hydrogen (secondary N) is 1. The Morgan fingerprint density at radius 1 is 0.828 bits per heavy atom. The van der Waals surface area contributed by atoms with Gasteiger partial charge in [0.25, 0.3) is 5.95 Å². The summed E-state index contributed by atoms with van der Waals surface area (Å²) < 4.78 is 0.948. The van der Waals surface area contributed by atoms with Gasteiger partial charge >= 0.3 is 0 Å². The van der Waals surface area contributed by atoms with Crippen molar-refractivity contribution in [1.82, 2.24) is 15.0 Å². The Morgan fingerprint density at radius 2 is 1.62 bits per heavy atom. The third-order valence-electron chi connectivity index (χ3n) is 4.59. The number of aromatic nitrogens is 3. The van der Waals surface area contributed by atoms with Gasteiger partial charge in [-0.3, -0.25) is 0 Å². The Morgan fingerprint density at radius 3 is 2.48 bits per heavy atom. The van der Waals surface area contributed by atoms with Crippen LogP contribution in [-0.4, -0.2) is 20.1 Å². The van der Waals surface area contributed by atoms with E-state index in [1.54, 1.807) is 0 Å². The highest BCUT2D eigenvalue weighted by molar-refractivity contribution is 9.10. The van der Waals surface area contributed by atoms with E-state index in [4.69, 9.17) is 0 Å². The Labute approximate surface area is 174 Å². The molecule has 5 rings (SSSR count). The number of nitrogens with zero attached hydrogens (tertiary/aromatic N) is 4. The highest BCUT2D eigenvalue weighted by Gasteiger charge is 2.12. The summed E-state index contributed by atoms with van der Waals surface area (Å²) in [5, 5.41) is 20.3. The summed E-state index contributed by atoms with van der Waals surface area (Å²) in [6.45, 7) is 0. The molecule has 29 heavy (non-hydrogen) atoms. The summed E-state index contributed by atoms with van der Waals surface area (Å²) in [6, 6.07) is 23.2. The Kier molecular flexibility index (Phi) is 4.29. The summed E-state index contributed by atoms with van der Waals surface area (Å²) in [4.78, 5) is 12.1. The van der Waals surface area contributed by atoms with Gasteiger partial charge in [-0.25, -0.2) is 9.97 Å². The first-order chi connectivity index (χ1) is 14.2. The molecular weight excluding hydrogens is 430 g/mol. The molecule has 0 unspecified atom stereocenters. The second-order valence-corrected chi connectivity index (χ2v) is 7.38. The average molecular weight is 444 g/mol. The van der Waals surface area contributed by atoms with Gasteiger partial charge in [0, 0.05) is 20.8 Å². The quantitative estimate of drug-likeness (QED) is 0.305. The lowest BCUT2D eigenvalue weighted by Crippen LogP contribution is -1.90. The van der Waals surface area contributed by atoms with Crippen LogP contribution in [-0.2, 0) is 0 Å². The smallest absolute Gasteiger partial charge is 0.270 e. The molecule has 0 aliphatic rings. The number of aromatic hydroxyl groups is 1. The second kappa shape index (κ2) is 7.10. The van der Waals surface area contributed by atoms with E-state index in [1.165, 1.54) is 0 Å². The zero-order valence-electron chi connectivity index (χ0n) is 15.0. The molecule has 0 bridgehead atoms. The fraction of sp³-hybridized carbons (Fsp3) is 0. The Balaban J connectivity index is 1.67. The first kappa shape index (κ1) is 17.5. The van der Waals surface area contributed by atoms with Gasteiger partial charge in [-0.1, -0.05) is 64.5 Å². The lowest BCUT2D eigenvalue weighted by atomic mass is 10.1. The van der Waals surface area contributed by atoms with Gasteiger partial charge in [-0.05, 0) is 24.3 Å². The molecule has 0 radical (unpaired) electrons. The predicted octanol–water partition coefficient (Wildman–Crippen LogP) is 6.66. The van der Waals surface area contributed by atoms with Gasteiger partial charge in [-0.2, -0.15) is 0 Å². The van der Waals surface area contributed by atoms with E-state index in [-0.39, 0.29) is 11.8 Å². The number of rotatable bonds is 3. The van der Waals surface area contributed by atoms with Gasteiger partial charge in [0.1, 0.15) is 0 Å². The first-order valence-electron chi connectivity index (χ1n) is 8.93. The second-order valence-electron chi connectivity index (χ2n) is 6.47. The van der Waals surface area contributed by atoms with Crippen LogP contribution in [0.5, 0.6) is 5.88 Å². The fourth-order valence-electron chi connectivity index (χ4n) is 3.26. The standard InChI is InChI=1S/C22H14BrN5O/c23-14-10-11-18-16(12-14)19(13-6-2-1-3-7-13)26-22(25-18)28-27-20-15-8-4-5-9-17(15)24-21(20)29/h1-12,24,29H. The van der Waals surface area contributed by atoms with E-state index < -0.39 is 0 Å². The minimum Gasteiger partial charge on any atom is -0.493 e. The largest absolute Gasteiger partial charge is 0.493 e. The van der Waals surface area contributed by atoms with Crippen molar-refractivity contribution in [2.45, 2.75) is 0 Å². The number of aromatic amines is 1. The summed E-state index contributed by atoms with van der Waals surface area (Å²) in [7, 11) is 0. The van der Waals surface area contributed by atoms with Crippen LogP contribution in [0.4, 0.5) is 11.6 Å². The van der Waals surface area contributed by atoms with Crippen molar-refractivity contribution in [1.29, 1.82) is 0 Å². The highest BCUT2D eigenvalue weighted by Crippen LogP contribution is 2.36. The minimum atomic E-state index is -0.0389. The zero-order chi connectivity index (χ0) is 19.8. The van der Waals surface area contributed by atoms with Gasteiger partial charge in [0.2, 0.25) is 5.88 Å². The summed E-state index contributed by atoms with van der Waals surface area (Å²) >= 11 is 3.52. The number of halogens is 1. The molecule has 2 heterocycles. The lowest BCUT2D eigenvalue weighted by Gasteiger charge is -2.07. The van der Waals surface area contributed by atoms with Crippen LogP contribution in [0.25, 0.3) is 33.1 Å². The van der Waals surface area contributed by atoms with Gasteiger partial charge in [0.15, 0.2) is 5.69 Å². The predicted molar refractivity (Wildman–Crippen MR) is 117 cm³/mol. The summed E-state index contributed by atoms with van der Waals surface area (Å²) in [6.07, 6.45) is 0. The van der Waals surface area contributed by atoms with Crippen LogP contribution >= 0.6 is 15.9 Å². The number of hydrogen-bond donors (Lipinski definition) is 2. The van der Waals surface area contributed by atoms with Gasteiger partial charge in [-0.15, -0.1) is 10.2 Å². The van der Waals surface area contributed by atoms with Gasteiger partial charge < -0.3 is 10.1 Å². The molecule has 2 N–H and O–H groups in total. The van der Waals surface area contributed by atoms with E-state index in [0.29, 0.717) is 5.69 Å². The molecule has 0 fully saturated rings. The molecule has 0 aliphatic heterocycles. The molecule has 0 amide bonds. The third-order valence-corrected chi connectivity index (χ3v) is 5.09. The molecule has 0 saturated heterocycles. The molecule has 3 aromatic carbocycles. The summed E-state index contributed by atoms with van der Waals surface area (Å²) in [5.74, 6) is 0.186. The first-order valence-corrected chi connectivity index (χ1v) is 9.72. The van der Waals surface area contributed by atoms with Crippen molar-refractivity contribution in [3.8, 4) is 17.1 Å². The maximum atomic E-state index is 10.2. The van der Waals surface area contributed by atoms with Crippen LogP contribution in [0.2, 0.25) is 0 Å². The monoisotopic (exact) mass is 443 g/mol. The van der Waals surface area contributed by atoms with Crippen molar-refractivity contribution in [3.05, 3.63) is 77.3 Å². The van der Waals surface area contributed by atoms with Crippen molar-refractivity contribution >= 4 is 49.4 Å². The normalized spacial score (nSPS) is 11.6. The van der Waals surface area contributed by atoms with E-state index in [1.807, 2.05) is 72.8 Å². The molecule has 140 valence electrons. The molecular formula is C22H14BrN5O. The zero-order valence-corrected chi connectivity index (χ0v) is 16.6. The number of H-pyrrole nitrogens is 1. The maximum absolute atomic E-state index is 10.2. The SMILES string of the molecule is Oc1[nH]c2ccccc2c1N=Nc1nc(-c2ccccc2)c2cc(Br)ccc2n1. The summed E-state index contributed by atoms with van der Waals surface area (Å²) in [5.41, 5.74) is 3.65. The van der Waals surface area contributed by atoms with E-state index >= 15 is 0 Å². The molecule has 0 saturated carbocycles. The number of para-hydroxylation sites is 1. The van der Waals surface area contributed by atoms with E-state index in [2.05, 4.69) is 41.1 Å². The van der Waals surface area contributed by atoms with Gasteiger partial charge in [0.05, 0.1) is 16.7 Å². The lowest BCUT2D eigenvalue weighted by molar-refractivity contribution is 0.459. The fourth-order valence-corrected chi connectivity index (χ4v) is 3.62. The minimum absolute atomic E-state index is 0.0389. The van der Waals surface area contributed by atoms with E-state index in [9.17, 15) is 5.11 Å². The van der Waals surface area contributed by atoms with Crippen LogP contribution in [0.3, 0.4) is 0 Å². The topological polar surface area (TPSA) is 86.5 Å². The molecule has 6 nitrogen and oxygen atoms in total. The highest BCUT2D eigenvalue weighted by atomic mass is 79.9. The number of azo groups is 1. The van der Waals surface area contributed by atoms with Crippen LogP contribution in [0.1, 0.15) is 0 Å². The number of benzene rings is 3. The Hall–Kier alpha value is -3.58. The average Bonchev–Trinajstić information content (AvgIpc) is 3.07.